The topological polar surface area (TPSA) is 82.9 Å². The molecule has 0 unspecified atom stereocenters. The van der Waals surface area contributed by atoms with Crippen molar-refractivity contribution in [2.24, 2.45) is 0 Å². The van der Waals surface area contributed by atoms with Crippen LogP contribution in [0.1, 0.15) is 29.5 Å². The van der Waals surface area contributed by atoms with Gasteiger partial charge in [0.2, 0.25) is 11.7 Å². The molecule has 34 heavy (non-hydrogen) atoms. The van der Waals surface area contributed by atoms with E-state index in [-0.39, 0.29) is 18.0 Å². The molecule has 0 atom stereocenters. The van der Waals surface area contributed by atoms with Gasteiger partial charge < -0.3 is 4.52 Å². The number of aromatic nitrogens is 4. The highest BCUT2D eigenvalue weighted by Gasteiger charge is 2.17. The van der Waals surface area contributed by atoms with Crippen LogP contribution in [0.5, 0.6) is 0 Å². The zero-order chi connectivity index (χ0) is 23.8. The van der Waals surface area contributed by atoms with Crippen LogP contribution in [-0.4, -0.2) is 19.3 Å². The molecular weight excluding hydrogens is 428 g/mol. The Morgan fingerprint density at radius 2 is 1.68 bits per heavy atom. The number of aryl methyl sites for hydroxylation is 3. The van der Waals surface area contributed by atoms with Crippen LogP contribution in [0.2, 0.25) is 0 Å². The lowest BCUT2D eigenvalue weighted by molar-refractivity contribution is 0.370. The Kier molecular flexibility index (Phi) is 5.45. The monoisotopic (exact) mass is 452 g/mol. The molecule has 7 nitrogen and oxygen atoms in total. The molecule has 0 spiro atoms. The minimum atomic E-state index is -0.459. The Morgan fingerprint density at radius 1 is 0.912 bits per heavy atom. The van der Waals surface area contributed by atoms with Crippen LogP contribution in [0, 0.1) is 13.8 Å². The molecule has 5 rings (SSSR count). The standard InChI is InChI=1S/C27H24N4O3/c1-4-19-10-12-20(13-11-19)25-28-24(34-29-25)16-30-23-8-6-5-7-22(23)26(32)31(27(30)33)21-14-9-17(2)18(3)15-21/h5-15H,4,16H2,1-3H3. The predicted molar refractivity (Wildman–Crippen MR) is 131 cm³/mol. The molecule has 0 aliphatic carbocycles. The molecule has 3 aromatic carbocycles. The second-order valence-corrected chi connectivity index (χ2v) is 8.36. The Hall–Kier alpha value is -4.26. The van der Waals surface area contributed by atoms with E-state index in [0.717, 1.165) is 23.1 Å². The average Bonchev–Trinajstić information content (AvgIpc) is 3.33. The van der Waals surface area contributed by atoms with E-state index in [1.54, 1.807) is 30.3 Å². The Bertz CT molecular complexity index is 1630. The van der Waals surface area contributed by atoms with Crippen molar-refractivity contribution in [2.75, 3.05) is 0 Å². The fraction of sp³-hybridized carbons (Fsp3) is 0.185. The first-order chi connectivity index (χ1) is 16.5. The van der Waals surface area contributed by atoms with E-state index in [0.29, 0.717) is 22.4 Å². The maximum absolute atomic E-state index is 13.6. The van der Waals surface area contributed by atoms with Crippen molar-refractivity contribution in [2.45, 2.75) is 33.7 Å². The summed E-state index contributed by atoms with van der Waals surface area (Å²) < 4.78 is 8.19. The molecule has 0 saturated carbocycles. The summed E-state index contributed by atoms with van der Waals surface area (Å²) in [4.78, 5) is 31.4. The number of benzene rings is 3. The molecule has 0 N–H and O–H groups in total. The van der Waals surface area contributed by atoms with Gasteiger partial charge in [-0.25, -0.2) is 9.36 Å². The van der Waals surface area contributed by atoms with E-state index < -0.39 is 5.69 Å². The molecule has 2 heterocycles. The van der Waals surface area contributed by atoms with Crippen molar-refractivity contribution in [1.82, 2.24) is 19.3 Å². The van der Waals surface area contributed by atoms with Crippen molar-refractivity contribution < 1.29 is 4.52 Å². The normalized spacial score (nSPS) is 11.3. The van der Waals surface area contributed by atoms with Crippen LogP contribution in [0.4, 0.5) is 0 Å². The van der Waals surface area contributed by atoms with Crippen molar-refractivity contribution in [1.29, 1.82) is 0 Å². The van der Waals surface area contributed by atoms with Gasteiger partial charge in [0.05, 0.1) is 16.6 Å². The Labute approximate surface area is 195 Å². The fourth-order valence-electron chi connectivity index (χ4n) is 4.03. The first kappa shape index (κ1) is 21.6. The quantitative estimate of drug-likeness (QED) is 0.394. The van der Waals surface area contributed by atoms with Crippen LogP contribution in [-0.2, 0) is 13.0 Å². The highest BCUT2D eigenvalue weighted by molar-refractivity contribution is 5.78. The third-order valence-corrected chi connectivity index (χ3v) is 6.18. The average molecular weight is 453 g/mol. The third kappa shape index (κ3) is 3.75. The van der Waals surface area contributed by atoms with Gasteiger partial charge in [0.15, 0.2) is 0 Å². The highest BCUT2D eigenvalue weighted by Crippen LogP contribution is 2.18. The summed E-state index contributed by atoms with van der Waals surface area (Å²) in [5.74, 6) is 0.740. The van der Waals surface area contributed by atoms with E-state index in [2.05, 4.69) is 17.1 Å². The second kappa shape index (κ2) is 8.59. The largest absolute Gasteiger partial charge is 0.337 e. The molecule has 0 bridgehead atoms. The van der Waals surface area contributed by atoms with E-state index in [1.807, 2.05) is 50.2 Å². The first-order valence-electron chi connectivity index (χ1n) is 11.2. The van der Waals surface area contributed by atoms with Crippen LogP contribution in [0.15, 0.2) is 80.8 Å². The summed E-state index contributed by atoms with van der Waals surface area (Å²) in [6.07, 6.45) is 0.948. The predicted octanol–water partition coefficient (Wildman–Crippen LogP) is 4.43. The highest BCUT2D eigenvalue weighted by atomic mass is 16.5. The number of rotatable bonds is 5. The van der Waals surface area contributed by atoms with Crippen molar-refractivity contribution >= 4 is 10.9 Å². The zero-order valence-electron chi connectivity index (χ0n) is 19.3. The minimum Gasteiger partial charge on any atom is -0.337 e. The molecule has 0 aliphatic heterocycles. The van der Waals surface area contributed by atoms with E-state index in [9.17, 15) is 9.59 Å². The number of para-hydroxylation sites is 1. The SMILES string of the molecule is CCc1ccc(-c2noc(Cn3c(=O)n(-c4ccc(C)c(C)c4)c(=O)c4ccccc43)n2)cc1. The third-order valence-electron chi connectivity index (χ3n) is 6.18. The van der Waals surface area contributed by atoms with E-state index in [4.69, 9.17) is 4.52 Å². The number of hydrogen-bond acceptors (Lipinski definition) is 5. The lowest BCUT2D eigenvalue weighted by atomic mass is 10.1. The van der Waals surface area contributed by atoms with Crippen molar-refractivity contribution in [3.05, 3.63) is 110 Å². The van der Waals surface area contributed by atoms with Crippen LogP contribution in [0.25, 0.3) is 28.0 Å². The van der Waals surface area contributed by atoms with Crippen molar-refractivity contribution in [3.63, 3.8) is 0 Å². The molecule has 0 fully saturated rings. The lowest BCUT2D eigenvalue weighted by Crippen LogP contribution is -2.39. The van der Waals surface area contributed by atoms with Gasteiger partial charge in [0.1, 0.15) is 6.54 Å². The molecule has 170 valence electrons. The molecule has 7 heteroatoms. The van der Waals surface area contributed by atoms with Gasteiger partial charge >= 0.3 is 5.69 Å². The van der Waals surface area contributed by atoms with Gasteiger partial charge in [-0.2, -0.15) is 4.98 Å². The van der Waals surface area contributed by atoms with Crippen LogP contribution in [0.3, 0.4) is 0 Å². The van der Waals surface area contributed by atoms with E-state index in [1.165, 1.54) is 14.7 Å². The molecule has 2 aromatic heterocycles. The molecule has 0 radical (unpaired) electrons. The summed E-state index contributed by atoms with van der Waals surface area (Å²) >= 11 is 0. The molecule has 0 amide bonds. The molecule has 5 aromatic rings. The molecular formula is C27H24N4O3. The summed E-state index contributed by atoms with van der Waals surface area (Å²) in [6, 6.07) is 20.6. The second-order valence-electron chi connectivity index (χ2n) is 8.36. The minimum absolute atomic E-state index is 0.0461. The Balaban J connectivity index is 1.62. The van der Waals surface area contributed by atoms with Crippen molar-refractivity contribution in [3.8, 4) is 17.1 Å². The lowest BCUT2D eigenvalue weighted by Gasteiger charge is -2.13. The van der Waals surface area contributed by atoms with E-state index >= 15 is 0 Å². The summed E-state index contributed by atoms with van der Waals surface area (Å²) in [7, 11) is 0. The summed E-state index contributed by atoms with van der Waals surface area (Å²) in [5, 5.41) is 4.54. The molecule has 0 aliphatic rings. The smallest absolute Gasteiger partial charge is 0.336 e. The fourth-order valence-corrected chi connectivity index (χ4v) is 4.03. The van der Waals surface area contributed by atoms with Gasteiger partial charge in [-0.3, -0.25) is 9.36 Å². The summed E-state index contributed by atoms with van der Waals surface area (Å²) in [6.45, 7) is 6.09. The van der Waals surface area contributed by atoms with Gasteiger partial charge in [-0.1, -0.05) is 54.5 Å². The van der Waals surface area contributed by atoms with Crippen LogP contribution < -0.4 is 11.2 Å². The van der Waals surface area contributed by atoms with Gasteiger partial charge in [-0.15, -0.1) is 0 Å². The maximum Gasteiger partial charge on any atom is 0.336 e. The summed E-state index contributed by atoms with van der Waals surface area (Å²) in [5.41, 5.74) is 4.37. The number of nitrogens with zero attached hydrogens (tertiary/aromatic N) is 4. The molecule has 0 saturated heterocycles. The van der Waals surface area contributed by atoms with Gasteiger partial charge in [0, 0.05) is 5.56 Å². The van der Waals surface area contributed by atoms with Crippen LogP contribution >= 0.6 is 0 Å². The van der Waals surface area contributed by atoms with Gasteiger partial charge in [0.25, 0.3) is 5.56 Å². The Morgan fingerprint density at radius 3 is 2.41 bits per heavy atom. The number of hydrogen-bond donors (Lipinski definition) is 0. The van der Waals surface area contributed by atoms with Gasteiger partial charge in [-0.05, 0) is 61.2 Å². The first-order valence-corrected chi connectivity index (χ1v) is 11.2. The number of fused-ring (bicyclic) bond motifs is 1. The maximum atomic E-state index is 13.6. The zero-order valence-corrected chi connectivity index (χ0v) is 19.3.